The predicted molar refractivity (Wildman–Crippen MR) is 115 cm³/mol. The van der Waals surface area contributed by atoms with Gasteiger partial charge in [-0.2, -0.15) is 0 Å². The number of amides is 3. The van der Waals surface area contributed by atoms with E-state index >= 15 is 0 Å². The fraction of sp³-hybridized carbons (Fsp3) is 0.524. The Balaban J connectivity index is 1.92. The van der Waals surface area contributed by atoms with Gasteiger partial charge in [-0.15, -0.1) is 0 Å². The molecule has 0 aromatic heterocycles. The highest BCUT2D eigenvalue weighted by atomic mass is 32.2. The Morgan fingerprint density at radius 2 is 2.03 bits per heavy atom. The minimum absolute atomic E-state index is 0.103. The molecular formula is C21H29N3O4S. The highest BCUT2D eigenvalue weighted by molar-refractivity contribution is 8.13. The van der Waals surface area contributed by atoms with Crippen molar-refractivity contribution in [2.24, 2.45) is 0 Å². The maximum atomic E-state index is 12.8. The quantitative estimate of drug-likeness (QED) is 0.506. The van der Waals surface area contributed by atoms with E-state index in [1.165, 1.54) is 11.8 Å². The summed E-state index contributed by atoms with van der Waals surface area (Å²) in [5.41, 5.74) is 1.71. The number of thioether (sulfide) groups is 1. The molecule has 29 heavy (non-hydrogen) atoms. The molecule has 1 aliphatic rings. The van der Waals surface area contributed by atoms with Gasteiger partial charge in [0.2, 0.25) is 17.7 Å². The van der Waals surface area contributed by atoms with E-state index in [0.29, 0.717) is 24.9 Å². The third-order valence-electron chi connectivity index (χ3n) is 4.67. The molecule has 0 spiro atoms. The van der Waals surface area contributed by atoms with Gasteiger partial charge in [0.25, 0.3) is 0 Å². The number of anilines is 1. The van der Waals surface area contributed by atoms with E-state index in [1.54, 1.807) is 13.0 Å². The molecule has 0 aliphatic carbocycles. The van der Waals surface area contributed by atoms with Crippen LogP contribution >= 0.6 is 11.8 Å². The van der Waals surface area contributed by atoms with Crippen LogP contribution in [0.25, 0.3) is 0 Å². The van der Waals surface area contributed by atoms with E-state index in [0.717, 1.165) is 30.6 Å². The Labute approximate surface area is 175 Å². The van der Waals surface area contributed by atoms with Gasteiger partial charge in [-0.25, -0.2) is 0 Å². The van der Waals surface area contributed by atoms with Crippen LogP contribution in [0.15, 0.2) is 24.3 Å². The van der Waals surface area contributed by atoms with Gasteiger partial charge < -0.3 is 16.0 Å². The van der Waals surface area contributed by atoms with E-state index in [4.69, 9.17) is 0 Å². The SMILES string of the molecule is CC(=O)SCCCCC[C@H](NC(=O)[C@H]1CCC(=O)N1)C(=O)Nc1cccc(C)c1. The van der Waals surface area contributed by atoms with Crippen LogP contribution < -0.4 is 16.0 Å². The number of carbonyl (C=O) groups is 4. The van der Waals surface area contributed by atoms with Crippen molar-refractivity contribution in [2.75, 3.05) is 11.1 Å². The van der Waals surface area contributed by atoms with E-state index in [1.807, 2.05) is 25.1 Å². The molecule has 7 nitrogen and oxygen atoms in total. The van der Waals surface area contributed by atoms with E-state index in [2.05, 4.69) is 16.0 Å². The highest BCUT2D eigenvalue weighted by Gasteiger charge is 2.30. The first-order chi connectivity index (χ1) is 13.8. The average molecular weight is 420 g/mol. The molecule has 8 heteroatoms. The molecule has 1 saturated heterocycles. The van der Waals surface area contributed by atoms with Crippen molar-refractivity contribution in [3.63, 3.8) is 0 Å². The number of nitrogens with one attached hydrogen (secondary N) is 3. The molecule has 1 fully saturated rings. The second-order valence-corrected chi connectivity index (χ2v) is 8.54. The van der Waals surface area contributed by atoms with Crippen molar-refractivity contribution in [1.29, 1.82) is 0 Å². The summed E-state index contributed by atoms with van der Waals surface area (Å²) in [5.74, 6) is 0.0170. The van der Waals surface area contributed by atoms with Crippen LogP contribution in [0.5, 0.6) is 0 Å². The number of unbranched alkanes of at least 4 members (excludes halogenated alkanes) is 2. The first-order valence-electron chi connectivity index (χ1n) is 9.96. The molecule has 0 unspecified atom stereocenters. The Hall–Kier alpha value is -2.35. The average Bonchev–Trinajstić information content (AvgIpc) is 3.09. The predicted octanol–water partition coefficient (Wildman–Crippen LogP) is 2.54. The minimum Gasteiger partial charge on any atom is -0.344 e. The molecule has 1 aromatic rings. The number of hydrogen-bond donors (Lipinski definition) is 3. The lowest BCUT2D eigenvalue weighted by atomic mass is 10.1. The van der Waals surface area contributed by atoms with Gasteiger partial charge in [0.15, 0.2) is 5.12 Å². The van der Waals surface area contributed by atoms with E-state index in [-0.39, 0.29) is 22.8 Å². The zero-order valence-electron chi connectivity index (χ0n) is 17.0. The lowest BCUT2D eigenvalue weighted by Gasteiger charge is -2.20. The monoisotopic (exact) mass is 419 g/mol. The zero-order chi connectivity index (χ0) is 21.2. The van der Waals surface area contributed by atoms with Gasteiger partial charge >= 0.3 is 0 Å². The Kier molecular flexibility index (Phi) is 9.18. The molecule has 0 radical (unpaired) electrons. The standard InChI is InChI=1S/C21H29N3O4S/c1-14-7-6-8-16(13-14)22-20(27)17(9-4-3-5-12-29-15(2)25)24-21(28)18-10-11-19(26)23-18/h6-8,13,17-18H,3-5,9-12H2,1-2H3,(H,22,27)(H,23,26)(H,24,28)/t17-,18+/m0/s1. The normalized spacial score (nSPS) is 16.8. The third-order valence-corrected chi connectivity index (χ3v) is 5.57. The van der Waals surface area contributed by atoms with Gasteiger partial charge in [0, 0.05) is 24.8 Å². The molecule has 3 N–H and O–H groups in total. The smallest absolute Gasteiger partial charge is 0.246 e. The van der Waals surface area contributed by atoms with Crippen LogP contribution in [-0.2, 0) is 19.2 Å². The summed E-state index contributed by atoms with van der Waals surface area (Å²) in [6, 6.07) is 6.22. The lowest BCUT2D eigenvalue weighted by Crippen LogP contribution is -2.50. The van der Waals surface area contributed by atoms with E-state index < -0.39 is 12.1 Å². The van der Waals surface area contributed by atoms with E-state index in [9.17, 15) is 19.2 Å². The molecule has 158 valence electrons. The van der Waals surface area contributed by atoms with Crippen molar-refractivity contribution < 1.29 is 19.2 Å². The summed E-state index contributed by atoms with van der Waals surface area (Å²) in [7, 11) is 0. The highest BCUT2D eigenvalue weighted by Crippen LogP contribution is 2.14. The number of aryl methyl sites for hydroxylation is 1. The first-order valence-corrected chi connectivity index (χ1v) is 10.9. The van der Waals surface area contributed by atoms with Gasteiger partial charge in [0.1, 0.15) is 12.1 Å². The summed E-state index contributed by atoms with van der Waals surface area (Å²) in [6.07, 6.45) is 3.76. The zero-order valence-corrected chi connectivity index (χ0v) is 17.8. The first kappa shape index (κ1) is 22.9. The topological polar surface area (TPSA) is 104 Å². The number of hydrogen-bond acceptors (Lipinski definition) is 5. The van der Waals surface area contributed by atoms with Crippen LogP contribution in [-0.4, -0.2) is 40.7 Å². The molecular weight excluding hydrogens is 390 g/mol. The molecule has 1 aromatic carbocycles. The Morgan fingerprint density at radius 1 is 1.24 bits per heavy atom. The third kappa shape index (κ3) is 8.27. The van der Waals surface area contributed by atoms with Crippen LogP contribution in [0.4, 0.5) is 5.69 Å². The maximum Gasteiger partial charge on any atom is 0.246 e. The fourth-order valence-corrected chi connectivity index (χ4v) is 3.78. The van der Waals surface area contributed by atoms with Gasteiger partial charge in [0.05, 0.1) is 0 Å². The van der Waals surface area contributed by atoms with Crippen molar-refractivity contribution in [1.82, 2.24) is 10.6 Å². The summed E-state index contributed by atoms with van der Waals surface area (Å²) >= 11 is 1.30. The molecule has 0 bridgehead atoms. The summed E-state index contributed by atoms with van der Waals surface area (Å²) in [6.45, 7) is 3.49. The Bertz CT molecular complexity index is 753. The molecule has 2 rings (SSSR count). The van der Waals surface area contributed by atoms with Crippen LogP contribution in [0.2, 0.25) is 0 Å². The molecule has 2 atom stereocenters. The molecule has 1 aliphatic heterocycles. The van der Waals surface area contributed by atoms with Crippen molar-refractivity contribution >= 4 is 40.3 Å². The Morgan fingerprint density at radius 3 is 2.69 bits per heavy atom. The van der Waals surface area contributed by atoms with Gasteiger partial charge in [-0.3, -0.25) is 19.2 Å². The van der Waals surface area contributed by atoms with Crippen molar-refractivity contribution in [3.05, 3.63) is 29.8 Å². The minimum atomic E-state index is -0.680. The molecule has 1 heterocycles. The maximum absolute atomic E-state index is 12.8. The van der Waals surface area contributed by atoms with Crippen LogP contribution in [0.1, 0.15) is 51.0 Å². The lowest BCUT2D eigenvalue weighted by molar-refractivity contribution is -0.128. The molecule has 0 saturated carbocycles. The molecule has 3 amide bonds. The van der Waals surface area contributed by atoms with Crippen molar-refractivity contribution in [3.8, 4) is 0 Å². The summed E-state index contributed by atoms with van der Waals surface area (Å²) < 4.78 is 0. The largest absolute Gasteiger partial charge is 0.344 e. The second-order valence-electron chi connectivity index (χ2n) is 7.27. The number of benzene rings is 1. The number of rotatable bonds is 10. The number of carbonyl (C=O) groups excluding carboxylic acids is 4. The van der Waals surface area contributed by atoms with Gasteiger partial charge in [-0.05, 0) is 43.9 Å². The van der Waals surface area contributed by atoms with Gasteiger partial charge in [-0.1, -0.05) is 36.7 Å². The van der Waals surface area contributed by atoms with Crippen LogP contribution in [0.3, 0.4) is 0 Å². The fourth-order valence-electron chi connectivity index (χ4n) is 3.15. The van der Waals surface area contributed by atoms with Crippen LogP contribution in [0, 0.1) is 6.92 Å². The summed E-state index contributed by atoms with van der Waals surface area (Å²) in [5, 5.41) is 8.40. The summed E-state index contributed by atoms with van der Waals surface area (Å²) in [4.78, 5) is 47.6. The van der Waals surface area contributed by atoms with Crippen molar-refractivity contribution in [2.45, 2.75) is 64.5 Å². The second kappa shape index (κ2) is 11.6.